The van der Waals surface area contributed by atoms with Crippen molar-refractivity contribution >= 4 is 5.69 Å². The third kappa shape index (κ3) is 3.61. The van der Waals surface area contributed by atoms with Crippen molar-refractivity contribution in [2.24, 2.45) is 12.8 Å². The van der Waals surface area contributed by atoms with E-state index in [9.17, 15) is 0 Å². The summed E-state index contributed by atoms with van der Waals surface area (Å²) in [5.41, 5.74) is 9.82. The molecule has 2 N–H and O–H groups in total. The number of nitrogens with zero attached hydrogens (tertiary/aromatic N) is 4. The molecule has 2 aromatic carbocycles. The Hall–Kier alpha value is -2.63. The number of anilines is 1. The van der Waals surface area contributed by atoms with E-state index in [0.717, 1.165) is 37.6 Å². The fourth-order valence-corrected chi connectivity index (χ4v) is 3.98. The van der Waals surface area contributed by atoms with Gasteiger partial charge in [0.1, 0.15) is 5.82 Å². The molecule has 0 bridgehead atoms. The Labute approximate surface area is 161 Å². The van der Waals surface area contributed by atoms with Gasteiger partial charge in [-0.25, -0.2) is 4.98 Å². The van der Waals surface area contributed by atoms with Crippen molar-refractivity contribution in [1.29, 1.82) is 0 Å². The summed E-state index contributed by atoms with van der Waals surface area (Å²) in [6.07, 6.45) is 1.99. The molecule has 1 fully saturated rings. The van der Waals surface area contributed by atoms with Crippen LogP contribution in [0, 0.1) is 0 Å². The number of aromatic nitrogens is 2. The summed E-state index contributed by atoms with van der Waals surface area (Å²) in [6, 6.07) is 21.2. The molecule has 1 unspecified atom stereocenters. The van der Waals surface area contributed by atoms with Crippen LogP contribution in [-0.4, -0.2) is 47.2 Å². The Morgan fingerprint density at radius 3 is 2.19 bits per heavy atom. The molecule has 1 aromatic heterocycles. The van der Waals surface area contributed by atoms with E-state index in [1.807, 2.05) is 24.4 Å². The molecule has 3 aromatic rings. The van der Waals surface area contributed by atoms with Gasteiger partial charge in [0.25, 0.3) is 0 Å². The number of piperazine rings is 1. The average Bonchev–Trinajstić information content (AvgIpc) is 3.12. The molecule has 0 spiro atoms. The maximum Gasteiger partial charge on any atom is 0.139 e. The average molecular weight is 361 g/mol. The first-order valence-corrected chi connectivity index (χ1v) is 9.59. The predicted octanol–water partition coefficient (Wildman–Crippen LogP) is 2.91. The van der Waals surface area contributed by atoms with Gasteiger partial charge in [0, 0.05) is 51.0 Å². The third-order valence-corrected chi connectivity index (χ3v) is 5.50. The molecule has 1 atom stereocenters. The molecule has 1 saturated heterocycles. The molecule has 0 aliphatic carbocycles. The molecule has 140 valence electrons. The number of para-hydroxylation sites is 1. The van der Waals surface area contributed by atoms with Gasteiger partial charge in [-0.1, -0.05) is 48.5 Å². The van der Waals surface area contributed by atoms with Crippen LogP contribution in [0.5, 0.6) is 0 Å². The van der Waals surface area contributed by atoms with Crippen molar-refractivity contribution in [3.8, 4) is 11.4 Å². The minimum Gasteiger partial charge on any atom is -0.369 e. The van der Waals surface area contributed by atoms with Crippen LogP contribution < -0.4 is 10.6 Å². The molecule has 0 radical (unpaired) electrons. The summed E-state index contributed by atoms with van der Waals surface area (Å²) < 4.78 is 2.19. The SMILES string of the molecule is Cn1c(C(CN)N2CCN(c3ccccc3)CC2)cnc1-c1ccccc1. The second-order valence-corrected chi connectivity index (χ2v) is 7.04. The second-order valence-electron chi connectivity index (χ2n) is 7.04. The van der Waals surface area contributed by atoms with Gasteiger partial charge in [-0.05, 0) is 12.1 Å². The van der Waals surface area contributed by atoms with Crippen LogP contribution in [0.15, 0.2) is 66.9 Å². The van der Waals surface area contributed by atoms with Crippen molar-refractivity contribution in [2.75, 3.05) is 37.6 Å². The zero-order valence-electron chi connectivity index (χ0n) is 15.8. The molecular weight excluding hydrogens is 334 g/mol. The Morgan fingerprint density at radius 1 is 0.926 bits per heavy atom. The van der Waals surface area contributed by atoms with E-state index in [-0.39, 0.29) is 6.04 Å². The molecule has 1 aliphatic heterocycles. The van der Waals surface area contributed by atoms with Gasteiger partial charge in [-0.15, -0.1) is 0 Å². The van der Waals surface area contributed by atoms with Crippen LogP contribution in [0.1, 0.15) is 11.7 Å². The van der Waals surface area contributed by atoms with E-state index in [4.69, 9.17) is 5.73 Å². The van der Waals surface area contributed by atoms with Crippen LogP contribution >= 0.6 is 0 Å². The summed E-state index contributed by atoms with van der Waals surface area (Å²) in [5.74, 6) is 0.993. The Bertz CT molecular complexity index is 851. The van der Waals surface area contributed by atoms with Crippen LogP contribution in [-0.2, 0) is 7.05 Å². The lowest BCUT2D eigenvalue weighted by atomic mass is 10.1. The monoisotopic (exact) mass is 361 g/mol. The van der Waals surface area contributed by atoms with Gasteiger partial charge in [0.2, 0.25) is 0 Å². The van der Waals surface area contributed by atoms with Gasteiger partial charge in [0.05, 0.1) is 17.9 Å². The van der Waals surface area contributed by atoms with Crippen molar-refractivity contribution < 1.29 is 0 Å². The maximum absolute atomic E-state index is 6.20. The summed E-state index contributed by atoms with van der Waals surface area (Å²) in [5, 5.41) is 0. The Kier molecular flexibility index (Phi) is 5.23. The lowest BCUT2D eigenvalue weighted by molar-refractivity contribution is 0.184. The number of hydrogen-bond acceptors (Lipinski definition) is 4. The van der Waals surface area contributed by atoms with E-state index >= 15 is 0 Å². The van der Waals surface area contributed by atoms with Gasteiger partial charge in [-0.3, -0.25) is 4.90 Å². The molecule has 5 heteroatoms. The molecule has 2 heterocycles. The molecule has 1 aliphatic rings. The number of benzene rings is 2. The number of nitrogens with two attached hydrogens (primary N) is 1. The summed E-state index contributed by atoms with van der Waals surface area (Å²) in [7, 11) is 2.09. The molecule has 0 saturated carbocycles. The van der Waals surface area contributed by atoms with E-state index in [1.165, 1.54) is 11.4 Å². The van der Waals surface area contributed by atoms with Crippen molar-refractivity contribution in [3.05, 3.63) is 72.6 Å². The molecule has 4 rings (SSSR count). The number of rotatable bonds is 5. The van der Waals surface area contributed by atoms with Crippen LogP contribution in [0.25, 0.3) is 11.4 Å². The second kappa shape index (κ2) is 7.94. The third-order valence-electron chi connectivity index (χ3n) is 5.50. The van der Waals surface area contributed by atoms with Crippen LogP contribution in [0.4, 0.5) is 5.69 Å². The largest absolute Gasteiger partial charge is 0.369 e. The van der Waals surface area contributed by atoms with Gasteiger partial charge in [-0.2, -0.15) is 0 Å². The molecule has 5 nitrogen and oxygen atoms in total. The highest BCUT2D eigenvalue weighted by Crippen LogP contribution is 2.26. The summed E-state index contributed by atoms with van der Waals surface area (Å²) in [6.45, 7) is 4.64. The zero-order chi connectivity index (χ0) is 18.6. The van der Waals surface area contributed by atoms with E-state index in [2.05, 4.69) is 68.9 Å². The molecule has 27 heavy (non-hydrogen) atoms. The van der Waals surface area contributed by atoms with Gasteiger partial charge < -0.3 is 15.2 Å². The first-order chi connectivity index (χ1) is 13.3. The van der Waals surface area contributed by atoms with E-state index in [1.54, 1.807) is 0 Å². The smallest absolute Gasteiger partial charge is 0.139 e. The summed E-state index contributed by atoms with van der Waals surface area (Å²) in [4.78, 5) is 9.62. The predicted molar refractivity (Wildman–Crippen MR) is 111 cm³/mol. The Balaban J connectivity index is 1.50. The first kappa shape index (κ1) is 17.8. The topological polar surface area (TPSA) is 50.3 Å². The number of imidazole rings is 1. The highest BCUT2D eigenvalue weighted by atomic mass is 15.3. The van der Waals surface area contributed by atoms with E-state index < -0.39 is 0 Å². The Morgan fingerprint density at radius 2 is 1.56 bits per heavy atom. The standard InChI is InChI=1S/C22H27N5/c1-25-21(17-24-22(25)18-8-4-2-5-9-18)20(16-23)27-14-12-26(13-15-27)19-10-6-3-7-11-19/h2-11,17,20H,12-16,23H2,1H3. The fourth-order valence-electron chi connectivity index (χ4n) is 3.98. The molecule has 0 amide bonds. The first-order valence-electron chi connectivity index (χ1n) is 9.59. The normalized spacial score (nSPS) is 16.4. The number of hydrogen-bond donors (Lipinski definition) is 1. The van der Waals surface area contributed by atoms with Crippen LogP contribution in [0.2, 0.25) is 0 Å². The fraction of sp³-hybridized carbons (Fsp3) is 0.318. The van der Waals surface area contributed by atoms with Crippen molar-refractivity contribution in [1.82, 2.24) is 14.5 Å². The molecular formula is C22H27N5. The lowest BCUT2D eigenvalue weighted by Gasteiger charge is -2.40. The zero-order valence-corrected chi connectivity index (χ0v) is 15.8. The highest BCUT2D eigenvalue weighted by molar-refractivity contribution is 5.56. The van der Waals surface area contributed by atoms with Crippen molar-refractivity contribution in [2.45, 2.75) is 6.04 Å². The highest BCUT2D eigenvalue weighted by Gasteiger charge is 2.27. The van der Waals surface area contributed by atoms with Gasteiger partial charge >= 0.3 is 0 Å². The minimum atomic E-state index is 0.192. The van der Waals surface area contributed by atoms with E-state index in [0.29, 0.717) is 6.54 Å². The summed E-state index contributed by atoms with van der Waals surface area (Å²) >= 11 is 0. The van der Waals surface area contributed by atoms with Crippen LogP contribution in [0.3, 0.4) is 0 Å². The maximum atomic E-state index is 6.20. The lowest BCUT2D eigenvalue weighted by Crippen LogP contribution is -2.49. The van der Waals surface area contributed by atoms with Gasteiger partial charge in [0.15, 0.2) is 0 Å². The quantitative estimate of drug-likeness (QED) is 0.759. The van der Waals surface area contributed by atoms with Crippen molar-refractivity contribution in [3.63, 3.8) is 0 Å². The minimum absolute atomic E-state index is 0.192.